The second-order valence-electron chi connectivity index (χ2n) is 5.00. The van der Waals surface area contributed by atoms with Crippen LogP contribution in [0.2, 0.25) is 0 Å². The fourth-order valence-electron chi connectivity index (χ4n) is 1.37. The minimum atomic E-state index is -0.427. The summed E-state index contributed by atoms with van der Waals surface area (Å²) in [5.41, 5.74) is 6.37. The number of nitro groups is 1. The number of halogens is 1. The van der Waals surface area contributed by atoms with E-state index in [0.29, 0.717) is 12.5 Å². The molecule has 0 aliphatic rings. The molecule has 0 aromatic heterocycles. The van der Waals surface area contributed by atoms with Crippen molar-refractivity contribution in [2.45, 2.75) is 32.9 Å². The highest BCUT2D eigenvalue weighted by Crippen LogP contribution is 2.13. The van der Waals surface area contributed by atoms with Crippen LogP contribution in [0.15, 0.2) is 29.3 Å². The van der Waals surface area contributed by atoms with Crippen LogP contribution in [0.5, 0.6) is 0 Å². The molecule has 1 aromatic rings. The Morgan fingerprint density at radius 3 is 2.63 bits per heavy atom. The molecule has 0 heterocycles. The number of guanidine groups is 1. The molecule has 106 valence electrons. The normalized spacial score (nSPS) is 11.6. The van der Waals surface area contributed by atoms with Gasteiger partial charge >= 0.3 is 0 Å². The third-order valence-electron chi connectivity index (χ3n) is 2.06. The summed E-state index contributed by atoms with van der Waals surface area (Å²) >= 11 is 0. The van der Waals surface area contributed by atoms with Gasteiger partial charge in [-0.05, 0) is 26.3 Å². The number of nitro benzene ring substituents is 1. The van der Waals surface area contributed by atoms with Crippen LogP contribution < -0.4 is 11.1 Å². The van der Waals surface area contributed by atoms with Gasteiger partial charge in [0.25, 0.3) is 5.69 Å². The van der Waals surface area contributed by atoms with Gasteiger partial charge in [-0.1, -0.05) is 12.1 Å². The smallest absolute Gasteiger partial charge is 0.269 e. The number of benzene rings is 1. The van der Waals surface area contributed by atoms with E-state index in [4.69, 9.17) is 5.73 Å². The van der Waals surface area contributed by atoms with Gasteiger partial charge in [0.15, 0.2) is 5.96 Å². The number of aliphatic imine (C=N–C) groups is 1. The minimum absolute atomic E-state index is 0. The molecule has 0 aliphatic carbocycles. The molecule has 6 nitrogen and oxygen atoms in total. The van der Waals surface area contributed by atoms with Crippen molar-refractivity contribution < 1.29 is 4.92 Å². The topological polar surface area (TPSA) is 93.5 Å². The van der Waals surface area contributed by atoms with E-state index in [1.165, 1.54) is 12.1 Å². The average molecular weight is 378 g/mol. The number of rotatable bonds is 3. The summed E-state index contributed by atoms with van der Waals surface area (Å²) in [6.07, 6.45) is 0. The standard InChI is InChI=1S/C12H18N4O2.HI/c1-12(2,3)15-11(13)14-8-9-5-4-6-10(7-9)16(17)18;/h4-7H,8H2,1-3H3,(H3,13,14,15);1H. The van der Waals surface area contributed by atoms with Crippen LogP contribution in [0.1, 0.15) is 26.3 Å². The molecule has 0 unspecified atom stereocenters. The van der Waals surface area contributed by atoms with Crippen LogP contribution >= 0.6 is 24.0 Å². The highest BCUT2D eigenvalue weighted by atomic mass is 127. The molecular weight excluding hydrogens is 359 g/mol. The molecule has 0 amide bonds. The van der Waals surface area contributed by atoms with Gasteiger partial charge in [-0.15, -0.1) is 24.0 Å². The first-order valence-electron chi connectivity index (χ1n) is 5.59. The Hall–Kier alpha value is -1.38. The van der Waals surface area contributed by atoms with Crippen LogP contribution in [0.3, 0.4) is 0 Å². The van der Waals surface area contributed by atoms with E-state index in [0.717, 1.165) is 5.56 Å². The summed E-state index contributed by atoms with van der Waals surface area (Å²) in [5.74, 6) is 0.328. The molecule has 1 rings (SSSR count). The molecule has 0 radical (unpaired) electrons. The van der Waals surface area contributed by atoms with Crippen LogP contribution in [0.4, 0.5) is 5.69 Å². The van der Waals surface area contributed by atoms with Crippen LogP contribution in [-0.4, -0.2) is 16.4 Å². The summed E-state index contributed by atoms with van der Waals surface area (Å²) in [6, 6.07) is 6.36. The first-order valence-corrected chi connectivity index (χ1v) is 5.59. The molecule has 0 fully saturated rings. The number of nitrogens with one attached hydrogen (secondary N) is 1. The summed E-state index contributed by atoms with van der Waals surface area (Å²) in [5, 5.41) is 13.6. The Morgan fingerprint density at radius 2 is 2.11 bits per heavy atom. The predicted octanol–water partition coefficient (Wildman–Crippen LogP) is 2.42. The Labute approximate surface area is 129 Å². The SMILES string of the molecule is CC(C)(C)NC(N)=NCc1cccc([N+](=O)[O-])c1.I. The lowest BCUT2D eigenvalue weighted by molar-refractivity contribution is -0.384. The van der Waals surface area contributed by atoms with Crippen molar-refractivity contribution in [1.29, 1.82) is 0 Å². The Balaban J connectivity index is 0.00000324. The lowest BCUT2D eigenvalue weighted by atomic mass is 10.1. The van der Waals surface area contributed by atoms with Crippen molar-refractivity contribution in [2.24, 2.45) is 10.7 Å². The fraction of sp³-hybridized carbons (Fsp3) is 0.417. The zero-order chi connectivity index (χ0) is 13.8. The van der Waals surface area contributed by atoms with Crippen molar-refractivity contribution in [3.63, 3.8) is 0 Å². The first kappa shape index (κ1) is 17.6. The highest BCUT2D eigenvalue weighted by Gasteiger charge is 2.10. The lowest BCUT2D eigenvalue weighted by Crippen LogP contribution is -2.44. The van der Waals surface area contributed by atoms with E-state index < -0.39 is 4.92 Å². The summed E-state index contributed by atoms with van der Waals surface area (Å²) in [7, 11) is 0. The molecule has 0 bridgehead atoms. The molecule has 0 aliphatic heterocycles. The second-order valence-corrected chi connectivity index (χ2v) is 5.00. The van der Waals surface area contributed by atoms with Crippen molar-refractivity contribution >= 4 is 35.6 Å². The van der Waals surface area contributed by atoms with Gasteiger partial charge in [0.1, 0.15) is 0 Å². The molecule has 0 saturated heterocycles. The van der Waals surface area contributed by atoms with E-state index in [-0.39, 0.29) is 35.2 Å². The maximum absolute atomic E-state index is 10.6. The van der Waals surface area contributed by atoms with Gasteiger partial charge in [-0.3, -0.25) is 10.1 Å². The number of nitrogens with two attached hydrogens (primary N) is 1. The van der Waals surface area contributed by atoms with Gasteiger partial charge in [0.2, 0.25) is 0 Å². The average Bonchev–Trinajstić information content (AvgIpc) is 2.24. The number of non-ortho nitro benzene ring substituents is 1. The van der Waals surface area contributed by atoms with E-state index >= 15 is 0 Å². The molecule has 1 aromatic carbocycles. The molecule has 0 atom stereocenters. The molecule has 3 N–H and O–H groups in total. The van der Waals surface area contributed by atoms with Crippen LogP contribution in [0, 0.1) is 10.1 Å². The number of hydrogen-bond acceptors (Lipinski definition) is 3. The van der Waals surface area contributed by atoms with Gasteiger partial charge in [0.05, 0.1) is 11.5 Å². The lowest BCUT2D eigenvalue weighted by Gasteiger charge is -2.20. The van der Waals surface area contributed by atoms with Gasteiger partial charge < -0.3 is 11.1 Å². The predicted molar refractivity (Wildman–Crippen MR) is 86.7 cm³/mol. The second kappa shape index (κ2) is 7.27. The van der Waals surface area contributed by atoms with Crippen molar-refractivity contribution in [3.8, 4) is 0 Å². The van der Waals surface area contributed by atoms with Gasteiger partial charge in [0, 0.05) is 17.7 Å². The zero-order valence-electron chi connectivity index (χ0n) is 11.2. The number of nitrogens with zero attached hydrogens (tertiary/aromatic N) is 2. The molecule has 7 heteroatoms. The quantitative estimate of drug-likeness (QED) is 0.278. The molecule has 0 spiro atoms. The third kappa shape index (κ3) is 6.94. The van der Waals surface area contributed by atoms with Crippen LogP contribution in [0.25, 0.3) is 0 Å². The van der Waals surface area contributed by atoms with Crippen molar-refractivity contribution in [1.82, 2.24) is 5.32 Å². The largest absolute Gasteiger partial charge is 0.370 e. The number of hydrogen-bond donors (Lipinski definition) is 2. The Bertz CT molecular complexity index is 469. The molecule has 0 saturated carbocycles. The van der Waals surface area contributed by atoms with Crippen LogP contribution in [-0.2, 0) is 6.54 Å². The first-order chi connectivity index (χ1) is 8.28. The van der Waals surface area contributed by atoms with E-state index in [1.807, 2.05) is 20.8 Å². The van der Waals surface area contributed by atoms with E-state index in [2.05, 4.69) is 10.3 Å². The van der Waals surface area contributed by atoms with Crippen molar-refractivity contribution in [3.05, 3.63) is 39.9 Å². The van der Waals surface area contributed by atoms with E-state index in [1.54, 1.807) is 12.1 Å². The summed E-state index contributed by atoms with van der Waals surface area (Å²) in [6.45, 7) is 6.24. The molecular formula is C12H19IN4O2. The maximum Gasteiger partial charge on any atom is 0.269 e. The summed E-state index contributed by atoms with van der Waals surface area (Å²) < 4.78 is 0. The van der Waals surface area contributed by atoms with E-state index in [9.17, 15) is 10.1 Å². The highest BCUT2D eigenvalue weighted by molar-refractivity contribution is 14.0. The zero-order valence-corrected chi connectivity index (χ0v) is 13.5. The van der Waals surface area contributed by atoms with Gasteiger partial charge in [-0.2, -0.15) is 0 Å². The Kier molecular flexibility index (Phi) is 6.74. The minimum Gasteiger partial charge on any atom is -0.370 e. The molecule has 19 heavy (non-hydrogen) atoms. The van der Waals surface area contributed by atoms with Gasteiger partial charge in [-0.25, -0.2) is 4.99 Å². The summed E-state index contributed by atoms with van der Waals surface area (Å²) in [4.78, 5) is 14.3. The third-order valence-corrected chi connectivity index (χ3v) is 2.06. The monoisotopic (exact) mass is 378 g/mol. The fourth-order valence-corrected chi connectivity index (χ4v) is 1.37. The maximum atomic E-state index is 10.6. The Morgan fingerprint density at radius 1 is 1.47 bits per heavy atom. The van der Waals surface area contributed by atoms with Crippen molar-refractivity contribution in [2.75, 3.05) is 0 Å².